The van der Waals surface area contributed by atoms with Gasteiger partial charge in [-0.15, -0.1) is 0 Å². The fourth-order valence-corrected chi connectivity index (χ4v) is 3.15. The van der Waals surface area contributed by atoms with Crippen molar-refractivity contribution in [2.75, 3.05) is 31.2 Å². The molecule has 0 bridgehead atoms. The number of carbonyl (C=O) groups is 2. The molecule has 4 nitrogen and oxygen atoms in total. The van der Waals surface area contributed by atoms with Gasteiger partial charge in [-0.3, -0.25) is 9.59 Å². The maximum Gasteiger partial charge on any atom is 0.454 e. The lowest BCUT2D eigenvalue weighted by atomic mass is 9.93. The predicted molar refractivity (Wildman–Crippen MR) is 87.8 cm³/mol. The second-order valence-electron chi connectivity index (χ2n) is 6.12. The van der Waals surface area contributed by atoms with E-state index in [1.807, 2.05) is 0 Å². The van der Waals surface area contributed by atoms with Crippen molar-refractivity contribution in [3.63, 3.8) is 0 Å². The van der Waals surface area contributed by atoms with Crippen LogP contribution >= 0.6 is 0 Å². The quantitative estimate of drug-likeness (QED) is 0.568. The van der Waals surface area contributed by atoms with Crippen LogP contribution in [-0.4, -0.2) is 50.2 Å². The molecule has 1 aliphatic heterocycles. The molecule has 1 saturated heterocycles. The lowest BCUT2D eigenvalue weighted by molar-refractivity contribution is -0.0886. The lowest BCUT2D eigenvalue weighted by Crippen LogP contribution is -2.38. The molecule has 0 unspecified atom stereocenters. The number of halogens is 6. The number of ether oxygens (including phenoxy) is 1. The summed E-state index contributed by atoms with van der Waals surface area (Å²) in [5.41, 5.74) is -2.13. The molecule has 2 aromatic carbocycles. The van der Waals surface area contributed by atoms with Crippen molar-refractivity contribution in [1.29, 1.82) is 0 Å². The van der Waals surface area contributed by atoms with Gasteiger partial charge in [-0.05, 0) is 11.5 Å². The normalized spacial score (nSPS) is 15.7. The van der Waals surface area contributed by atoms with Crippen molar-refractivity contribution >= 4 is 28.0 Å². The third-order valence-electron chi connectivity index (χ3n) is 4.35. The first-order valence-electron chi connectivity index (χ1n) is 8.13. The monoisotopic (exact) mass is 405 g/mol. The molecule has 150 valence electrons. The van der Waals surface area contributed by atoms with Gasteiger partial charge in [-0.25, -0.2) is 0 Å². The second-order valence-corrected chi connectivity index (χ2v) is 6.12. The van der Waals surface area contributed by atoms with Crippen LogP contribution in [0.4, 0.5) is 32.0 Å². The predicted octanol–water partition coefficient (Wildman–Crippen LogP) is 4.17. The molecule has 0 atom stereocenters. The first-order valence-corrected chi connectivity index (χ1v) is 8.13. The number of hydrogen-bond acceptors (Lipinski definition) is 4. The standard InChI is InChI=1S/C18H13F6NO3/c19-17(20,21)15(26)12-9-13(16(27)18(22,23)24)14(25-5-7-28-8-6-25)11-4-2-1-3-10(11)12/h1-4,9H,5-8H2. The number of carbonyl (C=O) groups excluding carboxylic acids is 2. The highest BCUT2D eigenvalue weighted by atomic mass is 19.4. The summed E-state index contributed by atoms with van der Waals surface area (Å²) in [5.74, 6) is -4.62. The second kappa shape index (κ2) is 7.08. The molecule has 1 aliphatic rings. The summed E-state index contributed by atoms with van der Waals surface area (Å²) < 4.78 is 83.6. The summed E-state index contributed by atoms with van der Waals surface area (Å²) in [4.78, 5) is 25.3. The summed E-state index contributed by atoms with van der Waals surface area (Å²) in [6.07, 6.45) is -10.6. The average molecular weight is 405 g/mol. The van der Waals surface area contributed by atoms with E-state index in [1.54, 1.807) is 0 Å². The molecule has 10 heteroatoms. The van der Waals surface area contributed by atoms with E-state index in [1.165, 1.54) is 29.2 Å². The van der Waals surface area contributed by atoms with Gasteiger partial charge in [0.05, 0.1) is 24.5 Å². The zero-order valence-corrected chi connectivity index (χ0v) is 14.2. The summed E-state index contributed by atoms with van der Waals surface area (Å²) in [5, 5.41) is -0.211. The minimum Gasteiger partial charge on any atom is -0.378 e. The number of alkyl halides is 6. The molecule has 0 spiro atoms. The topological polar surface area (TPSA) is 46.6 Å². The van der Waals surface area contributed by atoms with Crippen molar-refractivity contribution < 1.29 is 40.7 Å². The third kappa shape index (κ3) is 3.68. The Bertz CT molecular complexity index is 929. The van der Waals surface area contributed by atoms with Crippen LogP contribution in [0.3, 0.4) is 0 Å². The molecule has 1 fully saturated rings. The van der Waals surface area contributed by atoms with Crippen LogP contribution in [0.5, 0.6) is 0 Å². The average Bonchev–Trinajstić information content (AvgIpc) is 2.64. The van der Waals surface area contributed by atoms with Crippen LogP contribution in [0.25, 0.3) is 10.8 Å². The van der Waals surface area contributed by atoms with Gasteiger partial charge in [-0.2, -0.15) is 26.3 Å². The van der Waals surface area contributed by atoms with Crippen LogP contribution in [-0.2, 0) is 4.74 Å². The van der Waals surface area contributed by atoms with Gasteiger partial charge in [-0.1, -0.05) is 24.3 Å². The lowest BCUT2D eigenvalue weighted by Gasteiger charge is -2.32. The Morgan fingerprint density at radius 2 is 1.32 bits per heavy atom. The molecule has 1 heterocycles. The van der Waals surface area contributed by atoms with Crippen LogP contribution in [0, 0.1) is 0 Å². The van der Waals surface area contributed by atoms with E-state index in [4.69, 9.17) is 4.74 Å². The molecule has 0 saturated carbocycles. The molecule has 28 heavy (non-hydrogen) atoms. The number of anilines is 1. The van der Waals surface area contributed by atoms with Gasteiger partial charge >= 0.3 is 12.4 Å². The summed E-state index contributed by atoms with van der Waals surface area (Å²) in [6, 6.07) is 5.68. The largest absolute Gasteiger partial charge is 0.454 e. The maximum absolute atomic E-state index is 13.1. The Balaban J connectivity index is 2.36. The number of hydrogen-bond donors (Lipinski definition) is 0. The van der Waals surface area contributed by atoms with Crippen LogP contribution in [0.1, 0.15) is 20.7 Å². The Hall–Kier alpha value is -2.62. The summed E-state index contributed by atoms with van der Waals surface area (Å²) >= 11 is 0. The zero-order chi connectivity index (χ0) is 20.7. The van der Waals surface area contributed by atoms with Gasteiger partial charge in [0.1, 0.15) is 0 Å². The van der Waals surface area contributed by atoms with E-state index < -0.39 is 35.0 Å². The first kappa shape index (κ1) is 20.1. The van der Waals surface area contributed by atoms with Crippen molar-refractivity contribution in [2.45, 2.75) is 12.4 Å². The smallest absolute Gasteiger partial charge is 0.378 e. The van der Waals surface area contributed by atoms with E-state index >= 15 is 0 Å². The zero-order valence-electron chi connectivity index (χ0n) is 14.2. The molecule has 0 N–H and O–H groups in total. The fourth-order valence-electron chi connectivity index (χ4n) is 3.15. The third-order valence-corrected chi connectivity index (χ3v) is 4.35. The molecule has 2 aromatic rings. The van der Waals surface area contributed by atoms with Crippen LogP contribution in [0.15, 0.2) is 30.3 Å². The van der Waals surface area contributed by atoms with Crippen LogP contribution in [0.2, 0.25) is 0 Å². The maximum atomic E-state index is 13.1. The van der Waals surface area contributed by atoms with Gasteiger partial charge < -0.3 is 9.64 Å². The van der Waals surface area contributed by atoms with Crippen molar-refractivity contribution in [3.05, 3.63) is 41.5 Å². The van der Waals surface area contributed by atoms with Gasteiger partial charge in [0, 0.05) is 24.0 Å². The number of Topliss-reactive ketones (excluding diaryl/α,β-unsaturated/α-hetero) is 2. The molecule has 0 amide bonds. The highest BCUT2D eigenvalue weighted by molar-refractivity contribution is 6.19. The van der Waals surface area contributed by atoms with E-state index in [0.29, 0.717) is 6.07 Å². The van der Waals surface area contributed by atoms with E-state index in [9.17, 15) is 35.9 Å². The molecule has 0 aromatic heterocycles. The molecule has 0 radical (unpaired) electrons. The van der Waals surface area contributed by atoms with Crippen molar-refractivity contribution in [1.82, 2.24) is 0 Å². The highest BCUT2D eigenvalue weighted by Gasteiger charge is 2.44. The Labute approximate surface area is 154 Å². The van der Waals surface area contributed by atoms with Crippen molar-refractivity contribution in [2.24, 2.45) is 0 Å². The molecule has 0 aliphatic carbocycles. The number of nitrogens with zero attached hydrogens (tertiary/aromatic N) is 1. The Morgan fingerprint density at radius 3 is 1.86 bits per heavy atom. The molecule has 3 rings (SSSR count). The minimum absolute atomic E-state index is 0.0351. The molecular formula is C18H13F6NO3. The van der Waals surface area contributed by atoms with E-state index in [-0.39, 0.29) is 42.8 Å². The SMILES string of the molecule is O=C(c1cc(C(=O)C(F)(F)F)c2ccccc2c1N1CCOCC1)C(F)(F)F. The van der Waals surface area contributed by atoms with Gasteiger partial charge in [0.15, 0.2) is 0 Å². The van der Waals surface area contributed by atoms with E-state index in [0.717, 1.165) is 0 Å². The Morgan fingerprint density at radius 1 is 0.821 bits per heavy atom. The number of ketones is 2. The van der Waals surface area contributed by atoms with Crippen LogP contribution < -0.4 is 4.90 Å². The number of morpholine rings is 1. The van der Waals surface area contributed by atoms with Gasteiger partial charge in [0.2, 0.25) is 0 Å². The number of fused-ring (bicyclic) bond motifs is 1. The molecular weight excluding hydrogens is 392 g/mol. The Kier molecular flexibility index (Phi) is 5.09. The van der Waals surface area contributed by atoms with Gasteiger partial charge in [0.25, 0.3) is 11.6 Å². The number of rotatable bonds is 3. The first-order chi connectivity index (χ1) is 13.0. The number of benzene rings is 2. The van der Waals surface area contributed by atoms with Crippen molar-refractivity contribution in [3.8, 4) is 0 Å². The minimum atomic E-state index is -5.32. The summed E-state index contributed by atoms with van der Waals surface area (Å²) in [7, 11) is 0. The fraction of sp³-hybridized carbons (Fsp3) is 0.333. The highest BCUT2D eigenvalue weighted by Crippen LogP contribution is 2.39. The summed E-state index contributed by atoms with van der Waals surface area (Å²) in [6.45, 7) is 0.651. The van der Waals surface area contributed by atoms with E-state index in [2.05, 4.69) is 0 Å².